The maximum Gasteiger partial charge on any atom is 0.224 e. The van der Waals surface area contributed by atoms with Gasteiger partial charge in [-0.05, 0) is 176 Å². The summed E-state index contributed by atoms with van der Waals surface area (Å²) in [6.45, 7) is 33.1. The van der Waals surface area contributed by atoms with E-state index >= 15 is 0 Å². The Morgan fingerprint density at radius 3 is 0.875 bits per heavy atom. The Kier molecular flexibility index (Phi) is 23.1. The van der Waals surface area contributed by atoms with Gasteiger partial charge in [-0.1, -0.05) is 148 Å². The molecule has 0 atom stereocenters. The Hall–Kier alpha value is -7.47. The third-order valence-electron chi connectivity index (χ3n) is 13.3. The number of amides is 3. The minimum absolute atomic E-state index is 0. The highest BCUT2D eigenvalue weighted by Crippen LogP contribution is 2.42. The first-order chi connectivity index (χ1) is 36.5. The van der Waals surface area contributed by atoms with Gasteiger partial charge in [0.05, 0.1) is 7.11 Å². The molecule has 0 bridgehead atoms. The van der Waals surface area contributed by atoms with Crippen LogP contribution in [-0.4, -0.2) is 50.4 Å². The standard InChI is InChI=1S/C24H33NO3.C23H31NO3.C20H25NO3.CH4/c1-23(2,3)19-14-16(15-20(22(19)27)24(4,5)6)8-13-21(26)25-17-9-11-18(28-7)12-10-17;1-22(2,3)18-13-15(14-19(21(18)27)23(4,5)6)7-12-20(26)24-16-8-10-17(25)11-9-16;1-13-11-14(12-17(19(13)24)20(2,3)4)5-10-18(23)21-15-6-8-16(22)9-7-15;/h9-12,14-15,27H,8,13H2,1-7H3,(H,25,26);8-11,13-14,25,27H,7,12H2,1-6H3,(H,24,26);6-9,11-12,22,24H,5,10H2,1-4H3,(H,21,23);1H4. The van der Waals surface area contributed by atoms with Gasteiger partial charge in [-0.25, -0.2) is 0 Å². The monoisotopic (exact) mass is 1100 g/mol. The summed E-state index contributed by atoms with van der Waals surface area (Å²) in [6, 6.07) is 32.1. The van der Waals surface area contributed by atoms with Crippen molar-refractivity contribution in [2.45, 2.75) is 184 Å². The smallest absolute Gasteiger partial charge is 0.224 e. The van der Waals surface area contributed by atoms with E-state index in [1.165, 1.54) is 12.1 Å². The Balaban J connectivity index is 0.000000314. The molecule has 80 heavy (non-hydrogen) atoms. The van der Waals surface area contributed by atoms with E-state index in [4.69, 9.17) is 4.74 Å². The van der Waals surface area contributed by atoms with E-state index in [-0.39, 0.29) is 63.7 Å². The van der Waals surface area contributed by atoms with Crippen molar-refractivity contribution in [3.8, 4) is 34.5 Å². The quantitative estimate of drug-likeness (QED) is 0.0519. The van der Waals surface area contributed by atoms with Crippen molar-refractivity contribution < 1.29 is 44.7 Å². The molecule has 8 N–H and O–H groups in total. The first-order valence-corrected chi connectivity index (χ1v) is 27.1. The third-order valence-corrected chi connectivity index (χ3v) is 13.3. The van der Waals surface area contributed by atoms with E-state index in [0.717, 1.165) is 61.5 Å². The number of rotatable bonds is 13. The highest BCUT2D eigenvalue weighted by molar-refractivity contribution is 5.92. The van der Waals surface area contributed by atoms with Gasteiger partial charge in [0, 0.05) is 36.3 Å². The maximum absolute atomic E-state index is 12.4. The second-order valence-electron chi connectivity index (χ2n) is 25.6. The molecule has 0 aromatic heterocycles. The lowest BCUT2D eigenvalue weighted by molar-refractivity contribution is -0.117. The van der Waals surface area contributed by atoms with Crippen LogP contribution in [0.4, 0.5) is 17.1 Å². The first-order valence-electron chi connectivity index (χ1n) is 27.1. The SMILES string of the molecule is C.CC(C)(C)c1cc(CCC(=O)Nc2ccc(O)cc2)cc(C(C)(C)C)c1O.COc1ccc(NC(=O)CCc2cc(C(C)(C)C)c(O)c(C(C)(C)C)c2)cc1.Cc1cc(CCC(=O)Nc2ccc(O)cc2)cc(C(C)(C)C)c1O. The van der Waals surface area contributed by atoms with Crippen molar-refractivity contribution in [3.63, 3.8) is 0 Å². The second-order valence-corrected chi connectivity index (χ2v) is 25.6. The van der Waals surface area contributed by atoms with Crippen LogP contribution in [0.1, 0.15) is 181 Å². The Morgan fingerprint density at radius 1 is 0.388 bits per heavy atom. The summed E-state index contributed by atoms with van der Waals surface area (Å²) in [5.74, 6) is 1.95. The van der Waals surface area contributed by atoms with E-state index in [0.29, 0.717) is 67.1 Å². The lowest BCUT2D eigenvalue weighted by Crippen LogP contribution is -2.18. The van der Waals surface area contributed by atoms with Crippen molar-refractivity contribution in [2.75, 3.05) is 23.1 Å². The number of methoxy groups -OCH3 is 1. The van der Waals surface area contributed by atoms with Gasteiger partial charge in [0.25, 0.3) is 0 Å². The number of phenolic OH excluding ortho intramolecular Hbond substituents is 5. The fraction of sp³-hybridized carbons (Fsp3) is 0.426. The summed E-state index contributed by atoms with van der Waals surface area (Å²) in [6.07, 6.45) is 2.90. The Labute approximate surface area is 478 Å². The van der Waals surface area contributed by atoms with Crippen LogP contribution in [0.5, 0.6) is 34.5 Å². The summed E-state index contributed by atoms with van der Waals surface area (Å²) in [4.78, 5) is 36.7. The number of nitrogens with one attached hydrogen (secondary N) is 3. The van der Waals surface area contributed by atoms with Gasteiger partial charge in [0.2, 0.25) is 17.7 Å². The molecule has 0 saturated heterocycles. The minimum atomic E-state index is -0.186. The molecule has 0 aliphatic carbocycles. The normalized spacial score (nSPS) is 11.7. The van der Waals surface area contributed by atoms with Crippen molar-refractivity contribution in [3.05, 3.63) is 159 Å². The molecule has 434 valence electrons. The molecule has 6 aromatic rings. The molecule has 0 unspecified atom stereocenters. The van der Waals surface area contributed by atoms with E-state index in [1.807, 2.05) is 67.6 Å². The van der Waals surface area contributed by atoms with E-state index < -0.39 is 0 Å². The van der Waals surface area contributed by atoms with Gasteiger partial charge < -0.3 is 46.2 Å². The Bertz CT molecular complexity index is 2950. The van der Waals surface area contributed by atoms with Gasteiger partial charge in [-0.2, -0.15) is 0 Å². The summed E-state index contributed by atoms with van der Waals surface area (Å²) in [5.41, 5.74) is 9.74. The van der Waals surface area contributed by atoms with E-state index in [2.05, 4.69) is 120 Å². The number of phenols is 5. The lowest BCUT2D eigenvalue weighted by atomic mass is 9.78. The Morgan fingerprint density at radius 2 is 0.625 bits per heavy atom. The molecule has 6 rings (SSSR count). The fourth-order valence-corrected chi connectivity index (χ4v) is 8.74. The van der Waals surface area contributed by atoms with E-state index in [1.54, 1.807) is 43.5 Å². The van der Waals surface area contributed by atoms with E-state index in [9.17, 15) is 39.9 Å². The topological polar surface area (TPSA) is 198 Å². The highest BCUT2D eigenvalue weighted by atomic mass is 16.5. The molecular formula is C68H93N3O9. The molecule has 0 aliphatic heterocycles. The van der Waals surface area contributed by atoms with Gasteiger partial charge in [0.1, 0.15) is 34.5 Å². The van der Waals surface area contributed by atoms with Gasteiger partial charge in [0.15, 0.2) is 0 Å². The molecule has 0 aliphatic rings. The summed E-state index contributed by atoms with van der Waals surface area (Å²) >= 11 is 0. The maximum atomic E-state index is 12.4. The van der Waals surface area contributed by atoms with Crippen molar-refractivity contribution >= 4 is 34.8 Å². The number of aryl methyl sites for hydroxylation is 4. The number of aromatic hydroxyl groups is 5. The molecule has 6 aromatic carbocycles. The molecule has 0 fully saturated rings. The predicted molar refractivity (Wildman–Crippen MR) is 329 cm³/mol. The molecule has 0 heterocycles. The molecule has 0 radical (unpaired) electrons. The van der Waals surface area contributed by atoms with Crippen LogP contribution in [0, 0.1) is 6.92 Å². The third kappa shape index (κ3) is 20.3. The zero-order valence-electron chi connectivity index (χ0n) is 50.0. The van der Waals surface area contributed by atoms with Gasteiger partial charge in [-0.3, -0.25) is 14.4 Å². The van der Waals surface area contributed by atoms with Crippen LogP contribution in [0.25, 0.3) is 0 Å². The molecule has 12 nitrogen and oxygen atoms in total. The number of benzene rings is 6. The zero-order chi connectivity index (χ0) is 59.4. The second kappa shape index (κ2) is 27.6. The first kappa shape index (κ1) is 66.8. The van der Waals surface area contributed by atoms with Crippen LogP contribution in [0.2, 0.25) is 0 Å². The highest BCUT2D eigenvalue weighted by Gasteiger charge is 2.28. The number of anilines is 3. The molecule has 3 amide bonds. The summed E-state index contributed by atoms with van der Waals surface area (Å²) in [5, 5.41) is 59.0. The average molecular weight is 1100 g/mol. The van der Waals surface area contributed by atoms with Gasteiger partial charge in [-0.15, -0.1) is 0 Å². The fourth-order valence-electron chi connectivity index (χ4n) is 8.74. The van der Waals surface area contributed by atoms with Crippen LogP contribution in [0.15, 0.2) is 109 Å². The van der Waals surface area contributed by atoms with Crippen molar-refractivity contribution in [2.24, 2.45) is 0 Å². The van der Waals surface area contributed by atoms with Crippen molar-refractivity contribution in [1.29, 1.82) is 0 Å². The number of carbonyl (C=O) groups is 3. The van der Waals surface area contributed by atoms with Crippen LogP contribution >= 0.6 is 0 Å². The largest absolute Gasteiger partial charge is 0.508 e. The molecule has 12 heteroatoms. The number of carbonyl (C=O) groups excluding carboxylic acids is 3. The summed E-state index contributed by atoms with van der Waals surface area (Å²) < 4.78 is 5.13. The van der Waals surface area contributed by atoms with Crippen LogP contribution in [-0.2, 0) is 60.7 Å². The van der Waals surface area contributed by atoms with Crippen LogP contribution < -0.4 is 20.7 Å². The minimum Gasteiger partial charge on any atom is -0.508 e. The average Bonchev–Trinajstić information content (AvgIpc) is 3.34. The van der Waals surface area contributed by atoms with Crippen molar-refractivity contribution in [1.82, 2.24) is 0 Å². The molecule has 0 saturated carbocycles. The number of hydrogen-bond donors (Lipinski definition) is 8. The van der Waals surface area contributed by atoms with Gasteiger partial charge >= 0.3 is 0 Å². The summed E-state index contributed by atoms with van der Waals surface area (Å²) in [7, 11) is 1.61. The predicted octanol–water partition coefficient (Wildman–Crippen LogP) is 15.7. The zero-order valence-corrected chi connectivity index (χ0v) is 50.0. The molecule has 0 spiro atoms. The lowest BCUT2D eigenvalue weighted by Gasteiger charge is -2.28. The number of ether oxygens (including phenoxy) is 1. The molecular weight excluding hydrogens is 1000 g/mol. The number of hydrogen-bond acceptors (Lipinski definition) is 9. The van der Waals surface area contributed by atoms with Crippen LogP contribution in [0.3, 0.4) is 0 Å².